The van der Waals surface area contributed by atoms with E-state index in [2.05, 4.69) is 10.6 Å². The fraction of sp³-hybridized carbons (Fsp3) is 0.667. The third-order valence-corrected chi connectivity index (χ3v) is 7.42. The number of hydrogen-bond donors (Lipinski definition) is 2. The number of benzene rings is 1. The number of amides is 2. The lowest BCUT2D eigenvalue weighted by Crippen LogP contribution is -2.53. The second-order valence-corrected chi connectivity index (χ2v) is 9.82. The maximum Gasteiger partial charge on any atom is 0.226 e. The summed E-state index contributed by atoms with van der Waals surface area (Å²) in [6, 6.07) is 5.48. The normalized spacial score (nSPS) is 31.1. The van der Waals surface area contributed by atoms with Gasteiger partial charge in [0.1, 0.15) is 0 Å². The third kappa shape index (κ3) is 4.01. The highest BCUT2D eigenvalue weighted by atomic mass is 16.5. The first-order chi connectivity index (χ1) is 14.6. The zero-order valence-electron chi connectivity index (χ0n) is 17.6. The Morgan fingerprint density at radius 2 is 1.63 bits per heavy atom. The molecule has 4 saturated carbocycles. The lowest BCUT2D eigenvalue weighted by molar-refractivity contribution is -0.146. The summed E-state index contributed by atoms with van der Waals surface area (Å²) in [5.74, 6) is 3.89. The van der Waals surface area contributed by atoms with Gasteiger partial charge in [-0.05, 0) is 74.8 Å². The van der Waals surface area contributed by atoms with Crippen molar-refractivity contribution in [3.63, 3.8) is 0 Å². The molecule has 2 amide bonds. The second-order valence-electron chi connectivity index (χ2n) is 9.82. The van der Waals surface area contributed by atoms with E-state index in [1.54, 1.807) is 0 Å². The molecular formula is C24H32N2O4. The largest absolute Gasteiger partial charge is 0.490 e. The summed E-state index contributed by atoms with van der Waals surface area (Å²) in [5, 5.41) is 6.07. The van der Waals surface area contributed by atoms with E-state index < -0.39 is 0 Å². The molecule has 162 valence electrons. The van der Waals surface area contributed by atoms with Crippen LogP contribution < -0.4 is 20.1 Å². The van der Waals surface area contributed by atoms with Gasteiger partial charge in [-0.1, -0.05) is 0 Å². The Kier molecular flexibility index (Phi) is 5.34. The van der Waals surface area contributed by atoms with Crippen molar-refractivity contribution in [1.82, 2.24) is 5.32 Å². The Hall–Kier alpha value is -2.24. The molecule has 6 heteroatoms. The Labute approximate surface area is 178 Å². The van der Waals surface area contributed by atoms with Crippen molar-refractivity contribution in [2.45, 2.75) is 57.8 Å². The molecule has 30 heavy (non-hydrogen) atoms. The van der Waals surface area contributed by atoms with E-state index in [0.29, 0.717) is 44.0 Å². The van der Waals surface area contributed by atoms with Gasteiger partial charge in [0.2, 0.25) is 11.8 Å². The van der Waals surface area contributed by atoms with Crippen LogP contribution in [-0.4, -0.2) is 31.6 Å². The lowest BCUT2D eigenvalue weighted by atomic mass is 9.49. The van der Waals surface area contributed by atoms with Crippen molar-refractivity contribution in [2.75, 3.05) is 25.1 Å². The van der Waals surface area contributed by atoms with Crippen molar-refractivity contribution < 1.29 is 19.1 Å². The average molecular weight is 413 g/mol. The van der Waals surface area contributed by atoms with Crippen LogP contribution in [0.5, 0.6) is 11.5 Å². The Balaban J connectivity index is 1.07. The molecule has 0 unspecified atom stereocenters. The van der Waals surface area contributed by atoms with Crippen molar-refractivity contribution in [3.05, 3.63) is 18.2 Å². The highest BCUT2D eigenvalue weighted by molar-refractivity contribution is 5.91. The van der Waals surface area contributed by atoms with Crippen LogP contribution in [0.1, 0.15) is 57.8 Å². The number of anilines is 1. The van der Waals surface area contributed by atoms with Gasteiger partial charge in [0, 0.05) is 36.6 Å². The molecule has 0 aromatic heterocycles. The zero-order valence-corrected chi connectivity index (χ0v) is 17.6. The molecule has 1 aliphatic heterocycles. The summed E-state index contributed by atoms with van der Waals surface area (Å²) >= 11 is 0. The van der Waals surface area contributed by atoms with Crippen LogP contribution in [0.2, 0.25) is 0 Å². The molecule has 5 aliphatic rings. The van der Waals surface area contributed by atoms with Gasteiger partial charge in [0.15, 0.2) is 11.5 Å². The standard InChI is InChI=1S/C24H32N2O4/c27-22(26-19-4-5-20-21(12-19)30-8-2-7-29-20)3-1-6-25-23(28)24-13-16-9-17(14-24)11-18(10-16)15-24/h4-5,12,16-18H,1-3,6-11,13-15H2,(H,25,28)(H,26,27). The summed E-state index contributed by atoms with van der Waals surface area (Å²) in [6.45, 7) is 1.83. The molecule has 4 fully saturated rings. The second kappa shape index (κ2) is 8.12. The molecule has 1 aromatic carbocycles. The minimum absolute atomic E-state index is 0.0476. The fourth-order valence-electron chi connectivity index (χ4n) is 6.49. The highest BCUT2D eigenvalue weighted by Crippen LogP contribution is 2.60. The summed E-state index contributed by atoms with van der Waals surface area (Å²) in [7, 11) is 0. The highest BCUT2D eigenvalue weighted by Gasteiger charge is 2.54. The van der Waals surface area contributed by atoms with E-state index in [-0.39, 0.29) is 17.2 Å². The van der Waals surface area contributed by atoms with Crippen molar-refractivity contribution in [3.8, 4) is 11.5 Å². The summed E-state index contributed by atoms with van der Waals surface area (Å²) in [6.07, 6.45) is 9.14. The molecule has 0 saturated heterocycles. The molecule has 6 rings (SSSR count). The Bertz CT molecular complexity index is 786. The van der Waals surface area contributed by atoms with Gasteiger partial charge in [-0.15, -0.1) is 0 Å². The number of carbonyl (C=O) groups excluding carboxylic acids is 2. The number of nitrogens with one attached hydrogen (secondary N) is 2. The summed E-state index contributed by atoms with van der Waals surface area (Å²) < 4.78 is 11.3. The quantitative estimate of drug-likeness (QED) is 0.695. The molecule has 0 atom stereocenters. The van der Waals surface area contributed by atoms with Crippen LogP contribution in [0.3, 0.4) is 0 Å². The van der Waals surface area contributed by atoms with Crippen molar-refractivity contribution >= 4 is 17.5 Å². The molecule has 2 N–H and O–H groups in total. The van der Waals surface area contributed by atoms with Crippen molar-refractivity contribution in [1.29, 1.82) is 0 Å². The maximum absolute atomic E-state index is 13.0. The fourth-order valence-corrected chi connectivity index (χ4v) is 6.49. The summed E-state index contributed by atoms with van der Waals surface area (Å²) in [4.78, 5) is 25.3. The first kappa shape index (κ1) is 19.7. The molecule has 1 heterocycles. The van der Waals surface area contributed by atoms with Gasteiger partial charge >= 0.3 is 0 Å². The zero-order chi connectivity index (χ0) is 20.6. The van der Waals surface area contributed by atoms with Crippen LogP contribution in [0.15, 0.2) is 18.2 Å². The van der Waals surface area contributed by atoms with E-state index >= 15 is 0 Å². The van der Waals surface area contributed by atoms with Crippen LogP contribution in [0.25, 0.3) is 0 Å². The van der Waals surface area contributed by atoms with Crippen LogP contribution in [0, 0.1) is 23.2 Å². The molecule has 4 aliphatic carbocycles. The van der Waals surface area contributed by atoms with E-state index in [0.717, 1.165) is 49.2 Å². The number of rotatable bonds is 6. The number of carbonyl (C=O) groups is 2. The number of hydrogen-bond acceptors (Lipinski definition) is 4. The van der Waals surface area contributed by atoms with E-state index in [1.165, 1.54) is 19.3 Å². The molecule has 0 spiro atoms. The van der Waals surface area contributed by atoms with Gasteiger partial charge < -0.3 is 20.1 Å². The number of ether oxygens (including phenoxy) is 2. The molecular weight excluding hydrogens is 380 g/mol. The van der Waals surface area contributed by atoms with Crippen LogP contribution in [0.4, 0.5) is 5.69 Å². The van der Waals surface area contributed by atoms with Gasteiger partial charge in [0.05, 0.1) is 13.2 Å². The smallest absolute Gasteiger partial charge is 0.226 e. The first-order valence-electron chi connectivity index (χ1n) is 11.6. The van der Waals surface area contributed by atoms with Crippen LogP contribution in [-0.2, 0) is 9.59 Å². The SMILES string of the molecule is O=C(CCCNC(=O)C12CC3CC(CC(C3)C1)C2)Nc1ccc2c(c1)OCCCO2. The number of fused-ring (bicyclic) bond motifs is 1. The minimum Gasteiger partial charge on any atom is -0.490 e. The van der Waals surface area contributed by atoms with E-state index in [4.69, 9.17) is 9.47 Å². The average Bonchev–Trinajstić information content (AvgIpc) is 2.95. The van der Waals surface area contributed by atoms with Gasteiger partial charge in [-0.2, -0.15) is 0 Å². The Morgan fingerprint density at radius 1 is 0.967 bits per heavy atom. The van der Waals surface area contributed by atoms with Crippen LogP contribution >= 0.6 is 0 Å². The maximum atomic E-state index is 13.0. The Morgan fingerprint density at radius 3 is 2.33 bits per heavy atom. The van der Waals surface area contributed by atoms with Gasteiger partial charge in [-0.25, -0.2) is 0 Å². The lowest BCUT2D eigenvalue weighted by Gasteiger charge is -2.55. The van der Waals surface area contributed by atoms with Gasteiger partial charge in [-0.3, -0.25) is 9.59 Å². The minimum atomic E-state index is -0.110. The molecule has 0 radical (unpaired) electrons. The van der Waals surface area contributed by atoms with Gasteiger partial charge in [0.25, 0.3) is 0 Å². The molecule has 6 nitrogen and oxygen atoms in total. The summed E-state index contributed by atoms with van der Waals surface area (Å²) in [5.41, 5.74) is 0.600. The third-order valence-electron chi connectivity index (χ3n) is 7.42. The van der Waals surface area contributed by atoms with Crippen molar-refractivity contribution in [2.24, 2.45) is 23.2 Å². The first-order valence-corrected chi connectivity index (χ1v) is 11.6. The molecule has 4 bridgehead atoms. The predicted octanol–water partition coefficient (Wildman–Crippen LogP) is 3.90. The predicted molar refractivity (Wildman–Crippen MR) is 114 cm³/mol. The monoisotopic (exact) mass is 412 g/mol. The van der Waals surface area contributed by atoms with E-state index in [9.17, 15) is 9.59 Å². The topological polar surface area (TPSA) is 76.7 Å². The van der Waals surface area contributed by atoms with E-state index in [1.807, 2.05) is 18.2 Å². The molecule has 1 aromatic rings.